The van der Waals surface area contributed by atoms with Crippen LogP contribution in [0.1, 0.15) is 10.6 Å². The topological polar surface area (TPSA) is 79.9 Å². The third-order valence-electron chi connectivity index (χ3n) is 1.87. The Morgan fingerprint density at radius 1 is 1.40 bits per heavy atom. The number of aromatic nitrogens is 2. The van der Waals surface area contributed by atoms with Gasteiger partial charge in [-0.1, -0.05) is 6.07 Å². The predicted octanol–water partition coefficient (Wildman–Crippen LogP) is 1.30. The number of nitrogens with one attached hydrogen (secondary N) is 1. The van der Waals surface area contributed by atoms with Crippen LogP contribution in [0.4, 0.5) is 0 Å². The molecule has 0 spiro atoms. The average Bonchev–Trinajstić information content (AvgIpc) is 2.57. The van der Waals surface area contributed by atoms with Gasteiger partial charge in [0.15, 0.2) is 12.1 Å². The number of hydrogen-bond donors (Lipinski definition) is 1. The molecule has 0 fully saturated rings. The number of para-hydroxylation sites is 1. The number of fused-ring (bicyclic) bond motifs is 1. The Hall–Kier alpha value is -1.40. The molecule has 1 aromatic carbocycles. The molecule has 2 rings (SSSR count). The van der Waals surface area contributed by atoms with Gasteiger partial charge < -0.3 is 4.98 Å². The second-order valence-corrected chi connectivity index (χ2v) is 5.36. The van der Waals surface area contributed by atoms with E-state index in [-0.39, 0.29) is 16.2 Å². The van der Waals surface area contributed by atoms with Gasteiger partial charge in [-0.2, -0.15) is 0 Å². The summed E-state index contributed by atoms with van der Waals surface area (Å²) < 4.78 is 22.3. The number of carbonyl (C=O) groups is 1. The first-order valence-corrected chi connectivity index (χ1v) is 6.22. The normalized spacial score (nSPS) is 11.8. The number of benzene rings is 1. The van der Waals surface area contributed by atoms with Gasteiger partial charge in [-0.25, -0.2) is 13.4 Å². The molecule has 1 N–H and O–H groups in total. The Morgan fingerprint density at radius 2 is 2.13 bits per heavy atom. The number of aldehydes is 1. The van der Waals surface area contributed by atoms with E-state index in [1.165, 1.54) is 12.1 Å². The Bertz CT molecular complexity index is 632. The smallest absolute Gasteiger partial charge is 0.263 e. The number of nitrogens with zero attached hydrogens (tertiary/aromatic N) is 1. The summed E-state index contributed by atoms with van der Waals surface area (Å²) >= 11 is 0. The molecule has 0 bridgehead atoms. The second kappa shape index (κ2) is 3.32. The Morgan fingerprint density at radius 3 is 2.73 bits per heavy atom. The summed E-state index contributed by atoms with van der Waals surface area (Å²) in [6.45, 7) is 0. The molecular formula is C8H5ClN2O3S. The van der Waals surface area contributed by atoms with Crippen molar-refractivity contribution in [2.75, 3.05) is 0 Å². The summed E-state index contributed by atoms with van der Waals surface area (Å²) in [6.07, 6.45) is 0.505. The number of carbonyl (C=O) groups excluding carboxylic acids is 1. The van der Waals surface area contributed by atoms with Crippen LogP contribution in [-0.2, 0) is 9.05 Å². The average molecular weight is 245 g/mol. The molecule has 5 nitrogen and oxygen atoms in total. The summed E-state index contributed by atoms with van der Waals surface area (Å²) in [4.78, 5) is 16.8. The Kier molecular flexibility index (Phi) is 2.24. The van der Waals surface area contributed by atoms with E-state index in [1.54, 1.807) is 6.07 Å². The van der Waals surface area contributed by atoms with Crippen LogP contribution >= 0.6 is 10.7 Å². The van der Waals surface area contributed by atoms with Gasteiger partial charge in [0.2, 0.25) is 0 Å². The van der Waals surface area contributed by atoms with E-state index in [9.17, 15) is 13.2 Å². The number of H-pyrrole nitrogens is 1. The molecule has 1 aromatic heterocycles. The van der Waals surface area contributed by atoms with E-state index in [0.717, 1.165) is 0 Å². The molecule has 0 amide bonds. The van der Waals surface area contributed by atoms with Crippen molar-refractivity contribution in [1.82, 2.24) is 9.97 Å². The zero-order valence-electron chi connectivity index (χ0n) is 7.27. The fraction of sp³-hybridized carbons (Fsp3) is 0. The summed E-state index contributed by atoms with van der Waals surface area (Å²) in [5.74, 6) is 0.0674. The minimum Gasteiger partial charge on any atom is -0.336 e. The zero-order valence-corrected chi connectivity index (χ0v) is 8.84. The van der Waals surface area contributed by atoms with Crippen LogP contribution in [-0.4, -0.2) is 24.7 Å². The van der Waals surface area contributed by atoms with Crippen molar-refractivity contribution in [3.05, 3.63) is 24.0 Å². The maximum absolute atomic E-state index is 11.2. The van der Waals surface area contributed by atoms with Crippen LogP contribution in [0.15, 0.2) is 23.1 Å². The van der Waals surface area contributed by atoms with Gasteiger partial charge in [0, 0.05) is 10.7 Å². The van der Waals surface area contributed by atoms with Crippen molar-refractivity contribution in [3.63, 3.8) is 0 Å². The lowest BCUT2D eigenvalue weighted by Gasteiger charge is -1.95. The molecule has 0 saturated carbocycles. The van der Waals surface area contributed by atoms with Crippen LogP contribution in [0.5, 0.6) is 0 Å². The lowest BCUT2D eigenvalue weighted by molar-refractivity contribution is 0.111. The first-order chi connectivity index (χ1) is 7.02. The monoisotopic (exact) mass is 244 g/mol. The van der Waals surface area contributed by atoms with E-state index >= 15 is 0 Å². The van der Waals surface area contributed by atoms with Crippen molar-refractivity contribution in [1.29, 1.82) is 0 Å². The van der Waals surface area contributed by atoms with Crippen LogP contribution in [0.2, 0.25) is 0 Å². The fourth-order valence-electron chi connectivity index (χ4n) is 1.28. The number of halogens is 1. The van der Waals surface area contributed by atoms with Gasteiger partial charge in [-0.15, -0.1) is 0 Å². The molecule has 0 atom stereocenters. The first kappa shape index (κ1) is 10.1. The van der Waals surface area contributed by atoms with Gasteiger partial charge in [0.05, 0.1) is 5.52 Å². The summed E-state index contributed by atoms with van der Waals surface area (Å²) in [5, 5.41) is 0. The lowest BCUT2D eigenvalue weighted by atomic mass is 10.3. The quantitative estimate of drug-likeness (QED) is 0.638. The minimum absolute atomic E-state index is 0.0674. The molecule has 0 saturated heterocycles. The highest BCUT2D eigenvalue weighted by atomic mass is 35.7. The maximum Gasteiger partial charge on any atom is 0.263 e. The van der Waals surface area contributed by atoms with Crippen molar-refractivity contribution >= 4 is 37.1 Å². The van der Waals surface area contributed by atoms with E-state index < -0.39 is 9.05 Å². The Balaban J connectivity index is 2.87. The van der Waals surface area contributed by atoms with Crippen molar-refractivity contribution in [2.45, 2.75) is 4.90 Å². The van der Waals surface area contributed by atoms with Crippen molar-refractivity contribution in [2.24, 2.45) is 0 Å². The summed E-state index contributed by atoms with van der Waals surface area (Å²) in [7, 11) is 1.37. The highest BCUT2D eigenvalue weighted by molar-refractivity contribution is 8.14. The largest absolute Gasteiger partial charge is 0.336 e. The number of rotatable bonds is 2. The van der Waals surface area contributed by atoms with E-state index in [0.29, 0.717) is 11.8 Å². The highest BCUT2D eigenvalue weighted by Gasteiger charge is 2.16. The second-order valence-electron chi connectivity index (χ2n) is 2.83. The molecular weight excluding hydrogens is 240 g/mol. The molecule has 7 heteroatoms. The number of aromatic amines is 1. The lowest BCUT2D eigenvalue weighted by Crippen LogP contribution is -1.91. The van der Waals surface area contributed by atoms with Crippen LogP contribution in [0.3, 0.4) is 0 Å². The van der Waals surface area contributed by atoms with Crippen molar-refractivity contribution < 1.29 is 13.2 Å². The number of hydrogen-bond acceptors (Lipinski definition) is 4. The summed E-state index contributed by atoms with van der Waals surface area (Å²) in [5.41, 5.74) is 0.633. The summed E-state index contributed by atoms with van der Waals surface area (Å²) in [6, 6.07) is 4.46. The Labute approximate surface area is 89.5 Å². The highest BCUT2D eigenvalue weighted by Crippen LogP contribution is 2.23. The molecule has 0 radical (unpaired) electrons. The van der Waals surface area contributed by atoms with Crippen LogP contribution in [0, 0.1) is 0 Å². The third kappa shape index (κ3) is 1.73. The van der Waals surface area contributed by atoms with E-state index in [4.69, 9.17) is 10.7 Å². The third-order valence-corrected chi connectivity index (χ3v) is 3.22. The van der Waals surface area contributed by atoms with Gasteiger partial charge >= 0.3 is 0 Å². The van der Waals surface area contributed by atoms with Crippen molar-refractivity contribution in [3.8, 4) is 0 Å². The molecule has 0 aliphatic heterocycles. The van der Waals surface area contributed by atoms with E-state index in [2.05, 4.69) is 9.97 Å². The zero-order chi connectivity index (χ0) is 11.1. The number of imidazole rings is 1. The van der Waals surface area contributed by atoms with Gasteiger partial charge in [0.25, 0.3) is 9.05 Å². The van der Waals surface area contributed by atoms with Gasteiger partial charge in [-0.3, -0.25) is 4.79 Å². The van der Waals surface area contributed by atoms with Crippen LogP contribution < -0.4 is 0 Å². The molecule has 15 heavy (non-hydrogen) atoms. The molecule has 0 unspecified atom stereocenters. The fourth-order valence-corrected chi connectivity index (χ4v) is 2.28. The van der Waals surface area contributed by atoms with Crippen LogP contribution in [0.25, 0.3) is 11.0 Å². The standard InChI is InChI=1S/C8H5ClN2O3S/c9-15(13,14)6-3-1-2-5-8(6)11-7(4-12)10-5/h1-4H,(H,10,11). The minimum atomic E-state index is -3.85. The molecule has 78 valence electrons. The SMILES string of the molecule is O=Cc1nc2c(S(=O)(=O)Cl)cccc2[nH]1. The maximum atomic E-state index is 11.2. The molecule has 1 heterocycles. The molecule has 0 aliphatic rings. The van der Waals surface area contributed by atoms with Gasteiger partial charge in [0.1, 0.15) is 10.4 Å². The molecule has 2 aromatic rings. The first-order valence-electron chi connectivity index (χ1n) is 3.91. The van der Waals surface area contributed by atoms with E-state index in [1.807, 2.05) is 0 Å². The molecule has 0 aliphatic carbocycles. The van der Waals surface area contributed by atoms with Gasteiger partial charge in [-0.05, 0) is 12.1 Å². The predicted molar refractivity (Wildman–Crippen MR) is 54.5 cm³/mol.